The monoisotopic (exact) mass is 509 g/mol. The quantitative estimate of drug-likeness (QED) is 0.282. The number of halogens is 5. The number of hydrogen-bond donors (Lipinski definition) is 1. The van der Waals surface area contributed by atoms with E-state index in [1.165, 1.54) is 18.2 Å². The zero-order valence-electron chi connectivity index (χ0n) is 16.4. The average Bonchev–Trinajstić information content (AvgIpc) is 3.41. The standard InChI is InChI=1S/C24H16Cl4FNO2/c25-14-8-13(9-15(26)10-14)21-22(23(21)28)24(32)30-17-5-6-19(27)18(11-17)20(31)7-12-1-3-16(29)4-2-12/h1-6,8-11,21-23H,7H2,(H,30,32)/t21?,22?,23-/m1/s1. The zero-order valence-corrected chi connectivity index (χ0v) is 19.4. The molecule has 164 valence electrons. The summed E-state index contributed by atoms with van der Waals surface area (Å²) in [7, 11) is 0. The summed E-state index contributed by atoms with van der Waals surface area (Å²) in [4.78, 5) is 25.5. The van der Waals surface area contributed by atoms with Crippen molar-refractivity contribution in [3.8, 4) is 0 Å². The van der Waals surface area contributed by atoms with Gasteiger partial charge in [-0.2, -0.15) is 0 Å². The smallest absolute Gasteiger partial charge is 0.229 e. The molecule has 3 aromatic carbocycles. The van der Waals surface area contributed by atoms with Crippen LogP contribution in [0.2, 0.25) is 15.1 Å². The molecule has 0 saturated heterocycles. The molecule has 0 aromatic heterocycles. The molecule has 3 atom stereocenters. The van der Waals surface area contributed by atoms with Crippen molar-refractivity contribution in [1.82, 2.24) is 0 Å². The van der Waals surface area contributed by atoms with Crippen LogP contribution >= 0.6 is 46.4 Å². The normalized spacial score (nSPS) is 19.5. The number of amides is 1. The maximum Gasteiger partial charge on any atom is 0.229 e. The first-order valence-electron chi connectivity index (χ1n) is 9.71. The van der Waals surface area contributed by atoms with Gasteiger partial charge >= 0.3 is 0 Å². The van der Waals surface area contributed by atoms with Gasteiger partial charge < -0.3 is 5.32 Å². The largest absolute Gasteiger partial charge is 0.326 e. The van der Waals surface area contributed by atoms with E-state index in [0.29, 0.717) is 21.3 Å². The summed E-state index contributed by atoms with van der Waals surface area (Å²) in [6, 6.07) is 15.5. The average molecular weight is 511 g/mol. The fourth-order valence-corrected chi connectivity index (χ4v) is 4.92. The van der Waals surface area contributed by atoms with E-state index in [1.807, 2.05) is 0 Å². The van der Waals surface area contributed by atoms with Gasteiger partial charge in [-0.1, -0.05) is 46.9 Å². The molecule has 0 radical (unpaired) electrons. The molecule has 0 spiro atoms. The number of anilines is 1. The number of nitrogens with one attached hydrogen (secondary N) is 1. The van der Waals surface area contributed by atoms with Gasteiger partial charge in [-0.25, -0.2) is 4.39 Å². The molecule has 3 aromatic rings. The Kier molecular flexibility index (Phi) is 6.78. The third kappa shape index (κ3) is 5.10. The number of ketones is 1. The maximum absolute atomic E-state index is 13.1. The van der Waals surface area contributed by atoms with E-state index < -0.39 is 11.3 Å². The first-order valence-corrected chi connectivity index (χ1v) is 11.3. The van der Waals surface area contributed by atoms with Gasteiger partial charge in [-0.05, 0) is 59.7 Å². The molecule has 0 aliphatic heterocycles. The number of carbonyl (C=O) groups excluding carboxylic acids is 2. The zero-order chi connectivity index (χ0) is 23.0. The Hall–Kier alpha value is -2.11. The lowest BCUT2D eigenvalue weighted by atomic mass is 10.0. The van der Waals surface area contributed by atoms with Gasteiger partial charge in [0, 0.05) is 33.6 Å². The van der Waals surface area contributed by atoms with Crippen LogP contribution in [0.3, 0.4) is 0 Å². The van der Waals surface area contributed by atoms with Crippen LogP contribution in [0.1, 0.15) is 27.4 Å². The van der Waals surface area contributed by atoms with Crippen molar-refractivity contribution in [1.29, 1.82) is 0 Å². The number of Topliss-reactive ketones (excluding diaryl/α,β-unsaturated/α-hetero) is 1. The molecule has 0 heterocycles. The highest BCUT2D eigenvalue weighted by molar-refractivity contribution is 6.35. The lowest BCUT2D eigenvalue weighted by Crippen LogP contribution is -2.16. The van der Waals surface area contributed by atoms with Gasteiger partial charge in [0.05, 0.1) is 16.3 Å². The van der Waals surface area contributed by atoms with Gasteiger partial charge in [0.25, 0.3) is 0 Å². The first kappa shape index (κ1) is 23.1. The van der Waals surface area contributed by atoms with Crippen LogP contribution in [0.5, 0.6) is 0 Å². The second-order valence-corrected chi connectivity index (χ2v) is 9.39. The minimum Gasteiger partial charge on any atom is -0.326 e. The lowest BCUT2D eigenvalue weighted by Gasteiger charge is -2.09. The topological polar surface area (TPSA) is 46.2 Å². The van der Waals surface area contributed by atoms with Gasteiger partial charge in [0.15, 0.2) is 5.78 Å². The van der Waals surface area contributed by atoms with Crippen molar-refractivity contribution < 1.29 is 14.0 Å². The SMILES string of the molecule is O=C(Cc1ccc(F)cc1)c1cc(NC(=O)C2C(c3cc(Cl)cc(Cl)c3)[C@H]2Cl)ccc1Cl. The van der Waals surface area contributed by atoms with E-state index in [1.54, 1.807) is 42.5 Å². The number of alkyl halides is 1. The lowest BCUT2D eigenvalue weighted by molar-refractivity contribution is -0.117. The summed E-state index contributed by atoms with van der Waals surface area (Å²) in [6.07, 6.45) is 0.0569. The second kappa shape index (κ2) is 9.40. The Morgan fingerprint density at radius 3 is 2.22 bits per heavy atom. The molecule has 1 aliphatic rings. The molecule has 1 fully saturated rings. The van der Waals surface area contributed by atoms with Crippen molar-refractivity contribution in [2.45, 2.75) is 17.7 Å². The molecule has 1 amide bonds. The second-order valence-electron chi connectivity index (χ2n) is 7.61. The fourth-order valence-electron chi connectivity index (χ4n) is 3.67. The maximum atomic E-state index is 13.1. The van der Waals surface area contributed by atoms with Crippen LogP contribution in [0.25, 0.3) is 0 Å². The summed E-state index contributed by atoms with van der Waals surface area (Å²) in [5.41, 5.74) is 2.16. The van der Waals surface area contributed by atoms with Gasteiger partial charge in [0.2, 0.25) is 5.91 Å². The summed E-state index contributed by atoms with van der Waals surface area (Å²) < 4.78 is 13.1. The molecular formula is C24H16Cl4FNO2. The Balaban J connectivity index is 1.47. The summed E-state index contributed by atoms with van der Waals surface area (Å²) in [6.45, 7) is 0. The summed E-state index contributed by atoms with van der Waals surface area (Å²) in [5.74, 6) is -1.56. The molecule has 1 N–H and O–H groups in total. The van der Waals surface area contributed by atoms with E-state index in [-0.39, 0.29) is 40.4 Å². The highest BCUT2D eigenvalue weighted by Crippen LogP contribution is 2.53. The molecule has 1 saturated carbocycles. The van der Waals surface area contributed by atoms with E-state index >= 15 is 0 Å². The van der Waals surface area contributed by atoms with Crippen LogP contribution in [0.15, 0.2) is 60.7 Å². The minimum atomic E-state index is -0.458. The molecule has 1 aliphatic carbocycles. The minimum absolute atomic E-state index is 0.0569. The molecule has 0 bridgehead atoms. The molecule has 4 rings (SSSR count). The summed E-state index contributed by atoms with van der Waals surface area (Å²) in [5, 5.41) is 3.63. The number of carbonyl (C=O) groups is 2. The van der Waals surface area contributed by atoms with E-state index in [0.717, 1.165) is 5.56 Å². The van der Waals surface area contributed by atoms with E-state index in [4.69, 9.17) is 46.4 Å². The van der Waals surface area contributed by atoms with Crippen LogP contribution in [0, 0.1) is 11.7 Å². The predicted molar refractivity (Wildman–Crippen MR) is 127 cm³/mol. The van der Waals surface area contributed by atoms with E-state index in [2.05, 4.69) is 5.32 Å². The summed E-state index contributed by atoms with van der Waals surface area (Å²) >= 11 is 24.7. The molecule has 3 nitrogen and oxygen atoms in total. The third-order valence-corrected chi connectivity index (χ3v) is 6.63. The van der Waals surface area contributed by atoms with Gasteiger partial charge in [-0.15, -0.1) is 11.6 Å². The Morgan fingerprint density at radius 1 is 0.906 bits per heavy atom. The Labute approximate surface area is 204 Å². The van der Waals surface area contributed by atoms with Crippen LogP contribution in [-0.2, 0) is 11.2 Å². The molecule has 32 heavy (non-hydrogen) atoms. The van der Waals surface area contributed by atoms with Crippen molar-refractivity contribution in [3.63, 3.8) is 0 Å². The Bertz CT molecular complexity index is 1180. The molecule has 8 heteroatoms. The van der Waals surface area contributed by atoms with Crippen LogP contribution in [-0.4, -0.2) is 17.1 Å². The predicted octanol–water partition coefficient (Wildman–Crippen LogP) is 7.17. The van der Waals surface area contributed by atoms with Crippen molar-refractivity contribution in [2.24, 2.45) is 5.92 Å². The van der Waals surface area contributed by atoms with Crippen molar-refractivity contribution >= 4 is 63.8 Å². The van der Waals surface area contributed by atoms with Crippen LogP contribution in [0.4, 0.5) is 10.1 Å². The molecule has 2 unspecified atom stereocenters. The highest BCUT2D eigenvalue weighted by Gasteiger charge is 2.54. The van der Waals surface area contributed by atoms with Crippen molar-refractivity contribution in [2.75, 3.05) is 5.32 Å². The Morgan fingerprint density at radius 2 is 1.56 bits per heavy atom. The number of benzene rings is 3. The first-order chi connectivity index (χ1) is 15.2. The van der Waals surface area contributed by atoms with Crippen LogP contribution < -0.4 is 5.32 Å². The van der Waals surface area contributed by atoms with Gasteiger partial charge in [0.1, 0.15) is 5.82 Å². The van der Waals surface area contributed by atoms with Crippen molar-refractivity contribution in [3.05, 3.63) is 98.2 Å². The number of rotatable bonds is 6. The fraction of sp³-hybridized carbons (Fsp3) is 0.167. The highest BCUT2D eigenvalue weighted by atomic mass is 35.5. The number of hydrogen-bond acceptors (Lipinski definition) is 2. The van der Waals surface area contributed by atoms with E-state index in [9.17, 15) is 14.0 Å². The molecular weight excluding hydrogens is 495 g/mol. The third-order valence-electron chi connectivity index (χ3n) is 5.32. The van der Waals surface area contributed by atoms with Gasteiger partial charge in [-0.3, -0.25) is 9.59 Å².